The van der Waals surface area contributed by atoms with Gasteiger partial charge in [-0.05, 0) is 66.6 Å². The molecular weight excluding hydrogens is 520 g/mol. The van der Waals surface area contributed by atoms with Crippen molar-refractivity contribution in [2.45, 2.75) is 13.1 Å². The molecule has 4 aromatic rings. The number of nitrogens with zero attached hydrogens (tertiary/aromatic N) is 1. The first kappa shape index (κ1) is 27.1. The predicted molar refractivity (Wildman–Crippen MR) is 134 cm³/mol. The molecule has 0 aliphatic carbocycles. The molecule has 200 valence electrons. The van der Waals surface area contributed by atoms with E-state index in [0.717, 1.165) is 24.6 Å². The van der Waals surface area contributed by atoms with E-state index in [0.29, 0.717) is 10.1 Å². The van der Waals surface area contributed by atoms with Crippen LogP contribution in [0.4, 0.5) is 17.6 Å². The summed E-state index contributed by atoms with van der Waals surface area (Å²) in [6.45, 7) is 1.50. The summed E-state index contributed by atoms with van der Waals surface area (Å²) in [5.41, 5.74) is 0.277. The summed E-state index contributed by atoms with van der Waals surface area (Å²) < 4.78 is 60.5. The average Bonchev–Trinajstić information content (AvgIpc) is 3.33. The molecule has 0 radical (unpaired) electrons. The zero-order valence-corrected chi connectivity index (χ0v) is 20.5. The monoisotopic (exact) mass is 540 g/mol. The van der Waals surface area contributed by atoms with Gasteiger partial charge in [0.1, 0.15) is 17.8 Å². The number of amides is 1. The Morgan fingerprint density at radius 1 is 0.974 bits per heavy atom. The molecule has 2 heterocycles. The van der Waals surface area contributed by atoms with Gasteiger partial charge in [0.2, 0.25) is 0 Å². The Morgan fingerprint density at radius 3 is 2.28 bits per heavy atom. The third-order valence-corrected chi connectivity index (χ3v) is 5.90. The zero-order chi connectivity index (χ0) is 28.5. The number of carbonyl (C=O) groups excluding carboxylic acids is 2. The Balaban J connectivity index is 2.24. The van der Waals surface area contributed by atoms with Crippen molar-refractivity contribution < 1.29 is 41.5 Å². The number of carboxylic acids is 1. The number of hydrogen-bond acceptors (Lipinski definition) is 4. The smallest absolute Gasteiger partial charge is 0.472 e. The van der Waals surface area contributed by atoms with Crippen LogP contribution in [0.3, 0.4) is 0 Å². The molecule has 0 aliphatic heterocycles. The molecule has 11 heteroatoms. The van der Waals surface area contributed by atoms with Gasteiger partial charge in [-0.15, -0.1) is 0 Å². The normalized spacial score (nSPS) is 11.2. The second kappa shape index (κ2) is 10.4. The fourth-order valence-electron chi connectivity index (χ4n) is 4.11. The fourth-order valence-corrected chi connectivity index (χ4v) is 4.11. The third kappa shape index (κ3) is 5.37. The first-order chi connectivity index (χ1) is 18.4. The summed E-state index contributed by atoms with van der Waals surface area (Å²) in [6.07, 6.45) is -3.23. The molecule has 7 nitrogen and oxygen atoms in total. The number of aromatic carboxylic acids is 1. The van der Waals surface area contributed by atoms with E-state index < -0.39 is 29.8 Å². The standard InChI is InChI=1S/C28H20F4N2O5/c1-15-12-21(17-4-3-5-18(13-17)26(36)37)23-19(10-11-34(23)27(38)28(30,31)32)14-39-24(22(15)25(35)33-2)16-6-8-20(29)9-7-16/h3-14H,1-2H3,(H,33,35)(H,36,37). The van der Waals surface area contributed by atoms with Gasteiger partial charge in [-0.3, -0.25) is 14.2 Å². The number of carboxylic acid groups (broad SMARTS) is 1. The summed E-state index contributed by atoms with van der Waals surface area (Å²) in [6, 6.07) is 13.0. The number of carbonyl (C=O) groups is 3. The van der Waals surface area contributed by atoms with Gasteiger partial charge in [-0.2, -0.15) is 13.2 Å². The first-order valence-electron chi connectivity index (χ1n) is 11.4. The van der Waals surface area contributed by atoms with Crippen LogP contribution in [-0.2, 0) is 0 Å². The van der Waals surface area contributed by atoms with Crippen molar-refractivity contribution in [2.24, 2.45) is 0 Å². The molecule has 0 saturated carbocycles. The highest BCUT2D eigenvalue weighted by Gasteiger charge is 2.40. The molecule has 1 amide bonds. The SMILES string of the molecule is CNC(=O)c1c(C)cc(-c2cccc(C(=O)O)c2)c2c(ccn2C(=O)C(F)(F)F)coc1-c1ccc(F)cc1. The molecule has 0 fully saturated rings. The molecule has 0 unspecified atom stereocenters. The Morgan fingerprint density at radius 2 is 1.67 bits per heavy atom. The number of aromatic nitrogens is 1. The van der Waals surface area contributed by atoms with Crippen LogP contribution in [0, 0.1) is 12.7 Å². The van der Waals surface area contributed by atoms with E-state index in [2.05, 4.69) is 5.32 Å². The van der Waals surface area contributed by atoms with E-state index in [1.54, 1.807) is 0 Å². The molecule has 2 aromatic carbocycles. The van der Waals surface area contributed by atoms with Gasteiger partial charge in [-0.25, -0.2) is 9.18 Å². The average molecular weight is 540 g/mol. The summed E-state index contributed by atoms with van der Waals surface area (Å²) >= 11 is 0. The van der Waals surface area contributed by atoms with Crippen LogP contribution in [0.1, 0.15) is 31.1 Å². The topological polar surface area (TPSA) is 102 Å². The number of fused-ring (bicyclic) bond motifs is 1. The van der Waals surface area contributed by atoms with Crippen LogP contribution >= 0.6 is 0 Å². The minimum Gasteiger partial charge on any atom is -0.478 e. The van der Waals surface area contributed by atoms with E-state index in [-0.39, 0.29) is 44.5 Å². The molecule has 39 heavy (non-hydrogen) atoms. The van der Waals surface area contributed by atoms with E-state index in [4.69, 9.17) is 4.42 Å². The lowest BCUT2D eigenvalue weighted by atomic mass is 9.98. The van der Waals surface area contributed by atoms with Crippen LogP contribution in [0.25, 0.3) is 33.4 Å². The molecule has 0 saturated heterocycles. The van der Waals surface area contributed by atoms with Crippen LogP contribution < -0.4 is 5.32 Å². The molecular formula is C28H20F4N2O5. The van der Waals surface area contributed by atoms with Crippen molar-refractivity contribution >= 4 is 28.7 Å². The van der Waals surface area contributed by atoms with Gasteiger partial charge >= 0.3 is 18.1 Å². The molecule has 4 rings (SSSR count). The van der Waals surface area contributed by atoms with Crippen molar-refractivity contribution in [3.8, 4) is 22.5 Å². The van der Waals surface area contributed by atoms with Gasteiger partial charge in [0.25, 0.3) is 5.91 Å². The molecule has 2 N–H and O–H groups in total. The lowest BCUT2D eigenvalue weighted by Gasteiger charge is -2.11. The lowest BCUT2D eigenvalue weighted by Crippen LogP contribution is -2.28. The maximum Gasteiger partial charge on any atom is 0.472 e. The first-order valence-corrected chi connectivity index (χ1v) is 11.4. The van der Waals surface area contributed by atoms with E-state index in [1.165, 1.54) is 62.5 Å². The number of rotatable bonds is 4. The van der Waals surface area contributed by atoms with E-state index >= 15 is 0 Å². The van der Waals surface area contributed by atoms with Gasteiger partial charge in [-0.1, -0.05) is 12.1 Å². The molecule has 0 aliphatic rings. The van der Waals surface area contributed by atoms with Gasteiger partial charge in [0.05, 0.1) is 16.6 Å². The molecule has 0 spiro atoms. The second-order valence-corrected chi connectivity index (χ2v) is 8.45. The highest BCUT2D eigenvalue weighted by Crippen LogP contribution is 2.34. The maximum absolute atomic E-state index is 13.6. The van der Waals surface area contributed by atoms with Gasteiger partial charge < -0.3 is 14.8 Å². The number of halogens is 4. The Bertz CT molecular complexity index is 1670. The molecule has 2 aromatic heterocycles. The molecule has 0 atom stereocenters. The summed E-state index contributed by atoms with van der Waals surface area (Å²) in [5, 5.41) is 12.0. The fraction of sp³-hybridized carbons (Fsp3) is 0.107. The van der Waals surface area contributed by atoms with Crippen molar-refractivity contribution in [3.63, 3.8) is 0 Å². The second-order valence-electron chi connectivity index (χ2n) is 8.45. The van der Waals surface area contributed by atoms with Crippen molar-refractivity contribution in [1.82, 2.24) is 9.88 Å². The summed E-state index contributed by atoms with van der Waals surface area (Å²) in [4.78, 5) is 37.1. The predicted octanol–water partition coefficient (Wildman–Crippen LogP) is 6.40. The number of hydrogen-bond donors (Lipinski definition) is 2. The zero-order valence-electron chi connectivity index (χ0n) is 20.5. The largest absolute Gasteiger partial charge is 0.478 e. The Hall–Kier alpha value is -4.93. The number of nitrogens with one attached hydrogen (secondary N) is 1. The highest BCUT2D eigenvalue weighted by atomic mass is 19.4. The van der Waals surface area contributed by atoms with E-state index in [1.807, 2.05) is 0 Å². The Kier molecular flexibility index (Phi) is 7.26. The third-order valence-electron chi connectivity index (χ3n) is 5.90. The van der Waals surface area contributed by atoms with Crippen molar-refractivity contribution in [1.29, 1.82) is 0 Å². The van der Waals surface area contributed by atoms with Gasteiger partial charge in [0.15, 0.2) is 0 Å². The number of aryl methyl sites for hydroxylation is 1. The summed E-state index contributed by atoms with van der Waals surface area (Å²) in [5.74, 6) is -4.64. The van der Waals surface area contributed by atoms with Crippen molar-refractivity contribution in [3.05, 3.63) is 95.6 Å². The number of alkyl halides is 3. The van der Waals surface area contributed by atoms with Crippen LogP contribution in [0.15, 0.2) is 77.5 Å². The van der Waals surface area contributed by atoms with Gasteiger partial charge in [0, 0.05) is 29.8 Å². The highest BCUT2D eigenvalue weighted by molar-refractivity contribution is 6.04. The summed E-state index contributed by atoms with van der Waals surface area (Å²) in [7, 11) is 1.37. The molecule has 0 bridgehead atoms. The minimum absolute atomic E-state index is 0.0221. The van der Waals surface area contributed by atoms with Crippen molar-refractivity contribution in [2.75, 3.05) is 7.05 Å². The maximum atomic E-state index is 13.6. The van der Waals surface area contributed by atoms with Crippen LogP contribution in [0.5, 0.6) is 0 Å². The Labute approximate surface area is 218 Å². The lowest BCUT2D eigenvalue weighted by molar-refractivity contribution is -0.0942. The van der Waals surface area contributed by atoms with Crippen LogP contribution in [0.2, 0.25) is 0 Å². The van der Waals surface area contributed by atoms with Crippen LogP contribution in [-0.4, -0.2) is 40.7 Å². The number of benzene rings is 2. The minimum atomic E-state index is -5.23. The van der Waals surface area contributed by atoms with E-state index in [9.17, 15) is 37.1 Å². The quantitative estimate of drug-likeness (QED) is 0.292.